The molecule has 6 nitrogen and oxygen atoms in total. The first-order valence-electron chi connectivity index (χ1n) is 9.50. The van der Waals surface area contributed by atoms with Crippen molar-refractivity contribution in [3.63, 3.8) is 0 Å². The van der Waals surface area contributed by atoms with Gasteiger partial charge in [-0.1, -0.05) is 30.3 Å². The molecule has 0 spiro atoms. The van der Waals surface area contributed by atoms with E-state index in [0.29, 0.717) is 22.9 Å². The summed E-state index contributed by atoms with van der Waals surface area (Å²) in [5, 5.41) is 14.6. The van der Waals surface area contributed by atoms with E-state index < -0.39 is 0 Å². The highest BCUT2D eigenvalue weighted by atomic mass is 16.3. The minimum Gasteiger partial charge on any atom is -0.460 e. The summed E-state index contributed by atoms with van der Waals surface area (Å²) in [4.78, 5) is 7.77. The first-order valence-corrected chi connectivity index (χ1v) is 9.50. The van der Waals surface area contributed by atoms with Crippen LogP contribution in [0.25, 0.3) is 39.8 Å². The Morgan fingerprint density at radius 1 is 1.07 bits per heavy atom. The number of hydrogen-bond acceptors (Lipinski definition) is 4. The Labute approximate surface area is 172 Å². The molecule has 0 aliphatic carbocycles. The van der Waals surface area contributed by atoms with E-state index >= 15 is 0 Å². The third-order valence-corrected chi connectivity index (χ3v) is 4.80. The molecule has 0 saturated heterocycles. The second-order valence-corrected chi connectivity index (χ2v) is 6.90. The molecule has 0 unspecified atom stereocenters. The van der Waals surface area contributed by atoms with Gasteiger partial charge in [0.25, 0.3) is 0 Å². The van der Waals surface area contributed by atoms with Crippen LogP contribution in [0.1, 0.15) is 17.1 Å². The van der Waals surface area contributed by atoms with Crippen LogP contribution in [0.5, 0.6) is 0 Å². The summed E-state index contributed by atoms with van der Waals surface area (Å²) in [6.45, 7) is 1.89. The van der Waals surface area contributed by atoms with Crippen molar-refractivity contribution >= 4 is 22.7 Å². The summed E-state index contributed by atoms with van der Waals surface area (Å²) in [5.41, 5.74) is 4.47. The highest BCUT2D eigenvalue weighted by molar-refractivity contribution is 5.92. The molecular formula is C24H17N5O. The third kappa shape index (κ3) is 3.19. The Kier molecular flexibility index (Phi) is 4.26. The Morgan fingerprint density at radius 3 is 2.60 bits per heavy atom. The Hall–Kier alpha value is -4.37. The van der Waals surface area contributed by atoms with Gasteiger partial charge in [0.05, 0.1) is 22.3 Å². The molecule has 0 radical (unpaired) electrons. The molecule has 3 heterocycles. The fourth-order valence-electron chi connectivity index (χ4n) is 3.35. The van der Waals surface area contributed by atoms with Crippen LogP contribution in [0.2, 0.25) is 0 Å². The number of fused-ring (bicyclic) bond motifs is 1. The number of aryl methyl sites for hydroxylation is 1. The van der Waals surface area contributed by atoms with Gasteiger partial charge in [0.1, 0.15) is 23.3 Å². The number of nitrogens with zero attached hydrogens (tertiary/aromatic N) is 4. The summed E-state index contributed by atoms with van der Waals surface area (Å²) in [6, 6.07) is 23.6. The topological polar surface area (TPSA) is 83.4 Å². The number of nitrogens with one attached hydrogen (secondary N) is 1. The number of H-pyrrole nitrogens is 1. The van der Waals surface area contributed by atoms with Gasteiger partial charge in [-0.25, -0.2) is 9.67 Å². The maximum Gasteiger partial charge on any atom is 0.155 e. The molecule has 0 aliphatic rings. The average Bonchev–Trinajstić information content (AvgIpc) is 3.50. The van der Waals surface area contributed by atoms with Gasteiger partial charge >= 0.3 is 0 Å². The zero-order chi connectivity index (χ0) is 20.5. The van der Waals surface area contributed by atoms with Crippen molar-refractivity contribution in [3.8, 4) is 23.2 Å². The summed E-state index contributed by atoms with van der Waals surface area (Å²) in [7, 11) is 0. The number of aromatic amines is 1. The van der Waals surface area contributed by atoms with E-state index in [1.54, 1.807) is 10.8 Å². The summed E-state index contributed by atoms with van der Waals surface area (Å²) >= 11 is 0. The van der Waals surface area contributed by atoms with Crippen LogP contribution in [0.4, 0.5) is 0 Å². The van der Waals surface area contributed by atoms with Gasteiger partial charge in [-0.2, -0.15) is 10.4 Å². The zero-order valence-electron chi connectivity index (χ0n) is 16.2. The first-order chi connectivity index (χ1) is 14.7. The van der Waals surface area contributed by atoms with Gasteiger partial charge in [-0.05, 0) is 49.4 Å². The average molecular weight is 391 g/mol. The van der Waals surface area contributed by atoms with Gasteiger partial charge in [0.15, 0.2) is 5.76 Å². The lowest BCUT2D eigenvalue weighted by atomic mass is 10.1. The van der Waals surface area contributed by atoms with Gasteiger partial charge in [-0.3, -0.25) is 0 Å². The molecule has 6 heteroatoms. The minimum atomic E-state index is 0.420. The van der Waals surface area contributed by atoms with E-state index in [2.05, 4.69) is 16.0 Å². The lowest BCUT2D eigenvalue weighted by Gasteiger charge is -1.98. The van der Waals surface area contributed by atoms with Crippen molar-refractivity contribution in [3.05, 3.63) is 90.1 Å². The van der Waals surface area contributed by atoms with Crippen molar-refractivity contribution < 1.29 is 4.42 Å². The van der Waals surface area contributed by atoms with Crippen molar-refractivity contribution in [1.29, 1.82) is 5.26 Å². The number of hydrogen-bond donors (Lipinski definition) is 1. The van der Waals surface area contributed by atoms with Crippen molar-refractivity contribution in [1.82, 2.24) is 19.7 Å². The fourth-order valence-corrected chi connectivity index (χ4v) is 3.35. The van der Waals surface area contributed by atoms with Crippen LogP contribution < -0.4 is 0 Å². The van der Waals surface area contributed by atoms with Gasteiger partial charge in [0, 0.05) is 11.8 Å². The van der Waals surface area contributed by atoms with Crippen molar-refractivity contribution in [2.24, 2.45) is 0 Å². The van der Waals surface area contributed by atoms with Gasteiger partial charge in [-0.15, -0.1) is 0 Å². The van der Waals surface area contributed by atoms with E-state index in [4.69, 9.17) is 9.52 Å². The van der Waals surface area contributed by atoms with E-state index in [9.17, 15) is 5.26 Å². The second kappa shape index (κ2) is 7.22. The number of aromatic nitrogens is 4. The Bertz CT molecular complexity index is 1380. The number of benzene rings is 2. The Balaban J connectivity index is 1.66. The summed E-state index contributed by atoms with van der Waals surface area (Å²) in [5.74, 6) is 1.97. The van der Waals surface area contributed by atoms with Crippen LogP contribution in [-0.2, 0) is 0 Å². The molecular weight excluding hydrogens is 374 g/mol. The fraction of sp³-hybridized carbons (Fsp3) is 0.0417. The van der Waals surface area contributed by atoms with Crippen molar-refractivity contribution in [2.75, 3.05) is 0 Å². The lowest BCUT2D eigenvalue weighted by molar-refractivity contribution is 0.545. The van der Waals surface area contributed by atoms with E-state index in [0.717, 1.165) is 28.0 Å². The van der Waals surface area contributed by atoms with Crippen LogP contribution >= 0.6 is 0 Å². The molecule has 0 amide bonds. The highest BCUT2D eigenvalue weighted by Gasteiger charge is 2.16. The van der Waals surface area contributed by atoms with Crippen molar-refractivity contribution in [2.45, 2.75) is 6.92 Å². The van der Waals surface area contributed by atoms with Gasteiger partial charge in [0.2, 0.25) is 0 Å². The van der Waals surface area contributed by atoms with E-state index in [1.165, 1.54) is 0 Å². The second-order valence-electron chi connectivity index (χ2n) is 6.90. The molecule has 0 aliphatic heterocycles. The number of rotatable bonds is 4. The third-order valence-electron chi connectivity index (χ3n) is 4.80. The first kappa shape index (κ1) is 17.7. The molecule has 0 atom stereocenters. The van der Waals surface area contributed by atoms with Crippen LogP contribution in [0.15, 0.2) is 77.3 Å². The van der Waals surface area contributed by atoms with E-state index in [-0.39, 0.29) is 0 Å². The Morgan fingerprint density at radius 2 is 1.87 bits per heavy atom. The maximum atomic E-state index is 9.83. The molecule has 1 N–H and O–H groups in total. The molecule has 144 valence electrons. The smallest absolute Gasteiger partial charge is 0.155 e. The van der Waals surface area contributed by atoms with Crippen LogP contribution in [-0.4, -0.2) is 19.7 Å². The largest absolute Gasteiger partial charge is 0.460 e. The lowest BCUT2D eigenvalue weighted by Crippen LogP contribution is -1.93. The molecule has 0 fully saturated rings. The van der Waals surface area contributed by atoms with Gasteiger partial charge < -0.3 is 9.40 Å². The summed E-state index contributed by atoms with van der Waals surface area (Å²) < 4.78 is 7.60. The normalized spacial score (nSPS) is 11.7. The standard InChI is InChI=1S/C24H17N5O/c1-16-11-12-22(30-16)23-18(15-29(28-23)19-7-3-2-4-8-19)13-17(14-25)24-26-20-9-5-6-10-21(20)27-24/h2-13,15H,1H3,(H,26,27). The number of allylic oxidation sites excluding steroid dienone is 1. The molecule has 2 aromatic carbocycles. The number of nitriles is 1. The molecule has 5 aromatic rings. The maximum absolute atomic E-state index is 9.83. The number of imidazole rings is 1. The monoisotopic (exact) mass is 391 g/mol. The van der Waals surface area contributed by atoms with Crippen LogP contribution in [0, 0.1) is 18.3 Å². The SMILES string of the molecule is Cc1ccc(-c2nn(-c3ccccc3)cc2C=C(C#N)c2nc3ccccc3[nH]2)o1. The molecule has 5 rings (SSSR count). The molecule has 3 aromatic heterocycles. The predicted octanol–water partition coefficient (Wildman–Crippen LogP) is 5.38. The zero-order valence-corrected chi connectivity index (χ0v) is 16.2. The molecule has 0 saturated carbocycles. The quantitative estimate of drug-likeness (QED) is 0.417. The predicted molar refractivity (Wildman–Crippen MR) is 116 cm³/mol. The number of para-hydroxylation sites is 3. The minimum absolute atomic E-state index is 0.420. The van der Waals surface area contributed by atoms with E-state index in [1.807, 2.05) is 79.9 Å². The number of furan rings is 1. The highest BCUT2D eigenvalue weighted by Crippen LogP contribution is 2.29. The molecule has 30 heavy (non-hydrogen) atoms. The van der Waals surface area contributed by atoms with Crippen LogP contribution in [0.3, 0.4) is 0 Å². The molecule has 0 bridgehead atoms. The summed E-state index contributed by atoms with van der Waals surface area (Å²) in [6.07, 6.45) is 3.68.